The van der Waals surface area contributed by atoms with E-state index in [-0.39, 0.29) is 79.3 Å². The SMILES string of the molecule is CCOC(=O)COc1c2cccc1Cc1cccc3c1OCCOCCOc1cc(C=O)ccc1OCCOCCOc1c(cccc1Cc1cccc(c1OCC(=O)OCC)C3)C2. The minimum absolute atomic E-state index is 0.202. The van der Waals surface area contributed by atoms with E-state index in [0.29, 0.717) is 65.7 Å². The fourth-order valence-electron chi connectivity index (χ4n) is 7.76. The van der Waals surface area contributed by atoms with Crippen molar-refractivity contribution < 1.29 is 61.8 Å². The zero-order valence-corrected chi connectivity index (χ0v) is 36.4. The zero-order valence-electron chi connectivity index (χ0n) is 36.4. The predicted octanol–water partition coefficient (Wildman–Crippen LogP) is 7.32. The molecule has 8 rings (SSSR count). The first-order valence-corrected chi connectivity index (χ1v) is 21.7. The van der Waals surface area contributed by atoms with Crippen molar-refractivity contribution in [2.24, 2.45) is 0 Å². The zero-order chi connectivity index (χ0) is 44.5. The van der Waals surface area contributed by atoms with Crippen molar-refractivity contribution in [3.63, 3.8) is 0 Å². The predicted molar refractivity (Wildman–Crippen MR) is 237 cm³/mol. The normalized spacial score (nSPS) is 14.5. The summed E-state index contributed by atoms with van der Waals surface area (Å²) in [5.74, 6) is 2.46. The Labute approximate surface area is 373 Å². The molecule has 0 unspecified atom stereocenters. The Morgan fingerprint density at radius 1 is 0.484 bits per heavy atom. The minimum Gasteiger partial charge on any atom is -0.491 e. The molecule has 0 saturated heterocycles. The van der Waals surface area contributed by atoms with Crippen molar-refractivity contribution in [3.8, 4) is 34.5 Å². The van der Waals surface area contributed by atoms with E-state index in [1.54, 1.807) is 32.0 Å². The summed E-state index contributed by atoms with van der Waals surface area (Å²) >= 11 is 0. The molecule has 336 valence electrons. The second-order valence-electron chi connectivity index (χ2n) is 15.0. The molecule has 0 atom stereocenters. The third kappa shape index (κ3) is 12.1. The van der Waals surface area contributed by atoms with E-state index < -0.39 is 11.9 Å². The van der Waals surface area contributed by atoms with Gasteiger partial charge in [0.25, 0.3) is 0 Å². The van der Waals surface area contributed by atoms with E-state index in [2.05, 4.69) is 0 Å². The van der Waals surface area contributed by atoms with Gasteiger partial charge in [-0.05, 0) is 76.6 Å². The molecule has 0 spiro atoms. The molecule has 3 aliphatic rings. The summed E-state index contributed by atoms with van der Waals surface area (Å²) in [7, 11) is 0. The fourth-order valence-corrected chi connectivity index (χ4v) is 7.76. The number of carbonyl (C=O) groups excluding carboxylic acids is 3. The van der Waals surface area contributed by atoms with E-state index in [0.717, 1.165) is 50.8 Å². The first-order chi connectivity index (χ1) is 31.4. The van der Waals surface area contributed by atoms with Crippen LogP contribution in [0.1, 0.15) is 68.7 Å². The van der Waals surface area contributed by atoms with Crippen LogP contribution in [0.5, 0.6) is 34.5 Å². The molecule has 1 aliphatic carbocycles. The number of para-hydroxylation sites is 4. The van der Waals surface area contributed by atoms with E-state index in [1.807, 2.05) is 72.8 Å². The first kappa shape index (κ1) is 45.5. The van der Waals surface area contributed by atoms with E-state index in [4.69, 9.17) is 47.4 Å². The van der Waals surface area contributed by atoms with E-state index in [1.165, 1.54) is 0 Å². The van der Waals surface area contributed by atoms with Crippen molar-refractivity contribution in [2.75, 3.05) is 79.3 Å². The molecule has 2 heterocycles. The largest absolute Gasteiger partial charge is 0.491 e. The number of hydrogen-bond acceptors (Lipinski definition) is 13. The Hall–Kier alpha value is -6.57. The van der Waals surface area contributed by atoms with Crippen LogP contribution < -0.4 is 28.4 Å². The third-order valence-corrected chi connectivity index (χ3v) is 10.5. The summed E-state index contributed by atoms with van der Waals surface area (Å²) in [6, 6.07) is 29.1. The maximum absolute atomic E-state index is 12.7. The number of hydrogen-bond donors (Lipinski definition) is 0. The number of carbonyl (C=O) groups is 3. The Balaban J connectivity index is 1.33. The van der Waals surface area contributed by atoms with Crippen LogP contribution >= 0.6 is 0 Å². The fraction of sp³-hybridized carbons (Fsp3) is 0.353. The average molecular weight is 875 g/mol. The van der Waals surface area contributed by atoms with Crippen LogP contribution in [0.15, 0.2) is 91.0 Å². The van der Waals surface area contributed by atoms with Gasteiger partial charge in [-0.2, -0.15) is 0 Å². The van der Waals surface area contributed by atoms with E-state index >= 15 is 0 Å². The van der Waals surface area contributed by atoms with Gasteiger partial charge < -0.3 is 47.4 Å². The molecular weight excluding hydrogens is 821 g/mol. The second kappa shape index (κ2) is 23.2. The van der Waals surface area contributed by atoms with Crippen molar-refractivity contribution in [3.05, 3.63) is 141 Å². The van der Waals surface area contributed by atoms with Gasteiger partial charge in [-0.1, -0.05) is 72.8 Å². The Kier molecular flexibility index (Phi) is 16.5. The molecule has 64 heavy (non-hydrogen) atoms. The van der Waals surface area contributed by atoms with Gasteiger partial charge in [-0.15, -0.1) is 0 Å². The summed E-state index contributed by atoms with van der Waals surface area (Å²) in [5, 5.41) is 0. The van der Waals surface area contributed by atoms with Crippen LogP contribution in [0.25, 0.3) is 0 Å². The molecule has 0 amide bonds. The third-order valence-electron chi connectivity index (χ3n) is 10.5. The molecule has 10 bridgehead atoms. The highest BCUT2D eigenvalue weighted by molar-refractivity contribution is 5.76. The topological polar surface area (TPSA) is 144 Å². The molecule has 0 N–H and O–H groups in total. The maximum Gasteiger partial charge on any atom is 0.344 e. The highest BCUT2D eigenvalue weighted by atomic mass is 16.6. The smallest absolute Gasteiger partial charge is 0.344 e. The number of aldehydes is 1. The molecule has 13 heteroatoms. The van der Waals surface area contributed by atoms with Gasteiger partial charge in [-0.25, -0.2) is 9.59 Å². The van der Waals surface area contributed by atoms with Crippen LogP contribution in [-0.2, 0) is 54.2 Å². The van der Waals surface area contributed by atoms with Gasteiger partial charge in [0.15, 0.2) is 24.7 Å². The van der Waals surface area contributed by atoms with Crippen LogP contribution in [0, 0.1) is 0 Å². The molecule has 2 aliphatic heterocycles. The maximum atomic E-state index is 12.7. The molecular formula is C51H54O13. The molecule has 0 radical (unpaired) electrons. The van der Waals surface area contributed by atoms with Crippen LogP contribution in [0.3, 0.4) is 0 Å². The van der Waals surface area contributed by atoms with Crippen LogP contribution in [0.2, 0.25) is 0 Å². The van der Waals surface area contributed by atoms with Gasteiger partial charge in [-0.3, -0.25) is 4.79 Å². The lowest BCUT2D eigenvalue weighted by Crippen LogP contribution is -2.17. The molecule has 13 nitrogen and oxygen atoms in total. The van der Waals surface area contributed by atoms with Crippen molar-refractivity contribution in [2.45, 2.75) is 39.5 Å². The Morgan fingerprint density at radius 2 is 0.859 bits per heavy atom. The highest BCUT2D eigenvalue weighted by Gasteiger charge is 2.23. The van der Waals surface area contributed by atoms with Crippen molar-refractivity contribution in [1.82, 2.24) is 0 Å². The molecule has 5 aromatic carbocycles. The molecule has 5 aromatic rings. The van der Waals surface area contributed by atoms with Gasteiger partial charge in [0, 0.05) is 31.2 Å². The molecule has 0 fully saturated rings. The monoisotopic (exact) mass is 874 g/mol. The van der Waals surface area contributed by atoms with Gasteiger partial charge in [0.05, 0.1) is 39.6 Å². The minimum atomic E-state index is -0.467. The average Bonchev–Trinajstić information content (AvgIpc) is 3.29. The number of esters is 2. The number of rotatable bonds is 9. The molecule has 0 saturated carbocycles. The van der Waals surface area contributed by atoms with Crippen LogP contribution in [0.4, 0.5) is 0 Å². The van der Waals surface area contributed by atoms with Gasteiger partial charge in [0.2, 0.25) is 0 Å². The van der Waals surface area contributed by atoms with Crippen molar-refractivity contribution >= 4 is 18.2 Å². The van der Waals surface area contributed by atoms with Gasteiger partial charge in [0.1, 0.15) is 55.7 Å². The number of benzene rings is 5. The second-order valence-corrected chi connectivity index (χ2v) is 15.0. The molecule has 0 aromatic heterocycles. The quantitative estimate of drug-likeness (QED) is 0.0814. The summed E-state index contributed by atoms with van der Waals surface area (Å²) < 4.78 is 60.6. The lowest BCUT2D eigenvalue weighted by Gasteiger charge is -2.22. The summed E-state index contributed by atoms with van der Waals surface area (Å²) in [6.07, 6.45) is 2.38. The van der Waals surface area contributed by atoms with Gasteiger partial charge >= 0.3 is 11.9 Å². The van der Waals surface area contributed by atoms with Crippen molar-refractivity contribution in [1.29, 1.82) is 0 Å². The first-order valence-electron chi connectivity index (χ1n) is 21.7. The highest BCUT2D eigenvalue weighted by Crippen LogP contribution is 2.39. The number of ether oxygens (including phenoxy) is 10. The lowest BCUT2D eigenvalue weighted by molar-refractivity contribution is -0.146. The Bertz CT molecular complexity index is 2260. The standard InChI is InChI=1S/C51H54O13/c1-3-57-46(53)33-63-50-40-13-7-15-42(50)30-38-11-6-12-39-31-43-16-8-14-41(51(43)64-34-47(54)58-4-2)29-37-10-5-9-36(28-40)48(37)61-25-21-55-19-23-59-44-18-17-35(32-52)27-45(44)60-24-20-56-22-26-62-49(38)39/h5-18,27,32H,3-4,19-26,28-31,33-34H2,1-2H3. The lowest BCUT2D eigenvalue weighted by atomic mass is 9.91. The number of fused-ring (bicyclic) bond motifs is 12. The summed E-state index contributed by atoms with van der Waals surface area (Å²) in [6.45, 7) is 5.36. The summed E-state index contributed by atoms with van der Waals surface area (Å²) in [4.78, 5) is 37.0. The van der Waals surface area contributed by atoms with E-state index in [9.17, 15) is 14.4 Å². The Morgan fingerprint density at radius 3 is 1.25 bits per heavy atom. The summed E-state index contributed by atoms with van der Waals surface area (Å²) in [5.41, 5.74) is 7.41. The van der Waals surface area contributed by atoms with Crippen LogP contribution in [-0.4, -0.2) is 97.5 Å².